The van der Waals surface area contributed by atoms with Crippen LogP contribution in [0.5, 0.6) is 0 Å². The second kappa shape index (κ2) is 4.17. The Labute approximate surface area is 102 Å². The molecule has 0 N–H and O–H groups in total. The van der Waals surface area contributed by atoms with Crippen LogP contribution in [-0.2, 0) is 23.8 Å². The Bertz CT molecular complexity index is 484. The van der Waals surface area contributed by atoms with Crippen LogP contribution < -0.4 is 5.49 Å². The molecular weight excluding hydrogens is 214 g/mol. The van der Waals surface area contributed by atoms with E-state index >= 15 is 0 Å². The van der Waals surface area contributed by atoms with Gasteiger partial charge in [0.1, 0.15) is 0 Å². The lowest BCUT2D eigenvalue weighted by Crippen LogP contribution is -2.25. The zero-order chi connectivity index (χ0) is 12.6. The molecule has 1 aliphatic carbocycles. The van der Waals surface area contributed by atoms with Crippen molar-refractivity contribution in [1.29, 1.82) is 0 Å². The van der Waals surface area contributed by atoms with Gasteiger partial charge in [0.25, 0.3) is 0 Å². The van der Waals surface area contributed by atoms with Gasteiger partial charge in [-0.3, -0.25) is 14.2 Å². The Morgan fingerprint density at radius 3 is 2.59 bits per heavy atom. The molecule has 0 saturated heterocycles. The maximum absolute atomic E-state index is 10.6. The average Bonchev–Trinajstić information content (AvgIpc) is 2.96. The predicted molar refractivity (Wildman–Crippen MR) is 66.5 cm³/mol. The molecule has 0 spiro atoms. The number of carbonyl (C=O) groups excluding carboxylic acids is 1. The molecule has 0 radical (unpaired) electrons. The van der Waals surface area contributed by atoms with Crippen LogP contribution >= 0.6 is 0 Å². The Morgan fingerprint density at radius 1 is 1.47 bits per heavy atom. The van der Waals surface area contributed by atoms with Crippen LogP contribution in [0.2, 0.25) is 0 Å². The van der Waals surface area contributed by atoms with Crippen molar-refractivity contribution in [2.75, 3.05) is 0 Å². The standard InChI is InChI=1S/C13H21N3O/c1-13(2,3)11-7-12(14-9-17)16(15(11)4)8-10-5-6-10/h7,9-10H,5-6,8H2,1-4H3. The Morgan fingerprint density at radius 2 is 2.12 bits per heavy atom. The lowest BCUT2D eigenvalue weighted by atomic mass is 9.92. The van der Waals surface area contributed by atoms with Crippen molar-refractivity contribution in [3.63, 3.8) is 0 Å². The number of hydrogen-bond acceptors (Lipinski definition) is 1. The first kappa shape index (κ1) is 12.1. The Hall–Kier alpha value is -1.32. The molecule has 0 aromatic carbocycles. The molecule has 4 heteroatoms. The molecule has 1 fully saturated rings. The fourth-order valence-corrected chi connectivity index (χ4v) is 2.19. The van der Waals surface area contributed by atoms with E-state index in [0.29, 0.717) is 6.41 Å². The van der Waals surface area contributed by atoms with Crippen LogP contribution in [0, 0.1) is 5.92 Å². The zero-order valence-corrected chi connectivity index (χ0v) is 11.1. The predicted octanol–water partition coefficient (Wildman–Crippen LogP) is 1.59. The van der Waals surface area contributed by atoms with Gasteiger partial charge in [-0.2, -0.15) is 4.99 Å². The molecule has 2 rings (SSSR count). The maximum atomic E-state index is 10.6. The van der Waals surface area contributed by atoms with Crippen molar-refractivity contribution in [2.45, 2.75) is 45.6 Å². The second-order valence-corrected chi connectivity index (χ2v) is 5.92. The number of hydrogen-bond donors (Lipinski definition) is 0. The van der Waals surface area contributed by atoms with Crippen molar-refractivity contribution in [1.82, 2.24) is 9.36 Å². The van der Waals surface area contributed by atoms with Gasteiger partial charge in [0.05, 0.1) is 0 Å². The van der Waals surface area contributed by atoms with Crippen molar-refractivity contribution in [3.8, 4) is 0 Å². The fourth-order valence-electron chi connectivity index (χ4n) is 2.19. The van der Waals surface area contributed by atoms with Crippen molar-refractivity contribution in [2.24, 2.45) is 18.0 Å². The van der Waals surface area contributed by atoms with Gasteiger partial charge >= 0.3 is 0 Å². The molecule has 94 valence electrons. The summed E-state index contributed by atoms with van der Waals surface area (Å²) in [5.74, 6) is 0.766. The first-order chi connectivity index (χ1) is 7.93. The molecule has 17 heavy (non-hydrogen) atoms. The van der Waals surface area contributed by atoms with Gasteiger partial charge in [-0.25, -0.2) is 0 Å². The van der Waals surface area contributed by atoms with Crippen LogP contribution in [0.15, 0.2) is 11.1 Å². The molecule has 0 bridgehead atoms. The third kappa shape index (κ3) is 2.51. The minimum absolute atomic E-state index is 0.0662. The molecule has 1 aliphatic rings. The third-order valence-electron chi connectivity index (χ3n) is 3.32. The molecular formula is C13H21N3O. The SMILES string of the molecule is Cn1c(C(C)(C)C)cc(=NC=O)n1CC1CC1. The van der Waals surface area contributed by atoms with Gasteiger partial charge in [0.2, 0.25) is 6.41 Å². The van der Waals surface area contributed by atoms with E-state index in [1.807, 2.05) is 13.1 Å². The van der Waals surface area contributed by atoms with Crippen LogP contribution in [0.25, 0.3) is 0 Å². The normalized spacial score (nSPS) is 17.5. The molecule has 1 saturated carbocycles. The topological polar surface area (TPSA) is 39.3 Å². The molecule has 4 nitrogen and oxygen atoms in total. The van der Waals surface area contributed by atoms with E-state index in [4.69, 9.17) is 0 Å². The Balaban J connectivity index is 2.50. The number of aromatic nitrogens is 2. The average molecular weight is 235 g/mol. The van der Waals surface area contributed by atoms with Gasteiger partial charge in [-0.15, -0.1) is 0 Å². The summed E-state index contributed by atoms with van der Waals surface area (Å²) in [5, 5.41) is 0. The van der Waals surface area contributed by atoms with E-state index in [1.165, 1.54) is 18.5 Å². The van der Waals surface area contributed by atoms with Gasteiger partial charge in [0, 0.05) is 30.8 Å². The van der Waals surface area contributed by atoms with Crippen LogP contribution in [-0.4, -0.2) is 15.8 Å². The van der Waals surface area contributed by atoms with Crippen molar-refractivity contribution in [3.05, 3.63) is 17.2 Å². The summed E-state index contributed by atoms with van der Waals surface area (Å²) in [6.45, 7) is 7.50. The number of carbonyl (C=O) groups is 1. The zero-order valence-electron chi connectivity index (χ0n) is 11.1. The first-order valence-electron chi connectivity index (χ1n) is 6.18. The van der Waals surface area contributed by atoms with E-state index in [1.54, 1.807) is 0 Å². The summed E-state index contributed by atoms with van der Waals surface area (Å²) >= 11 is 0. The van der Waals surface area contributed by atoms with Crippen LogP contribution in [0.1, 0.15) is 39.3 Å². The van der Waals surface area contributed by atoms with Gasteiger partial charge in [-0.1, -0.05) is 20.8 Å². The highest BCUT2D eigenvalue weighted by Gasteiger charge is 2.25. The quantitative estimate of drug-likeness (QED) is 0.733. The summed E-state index contributed by atoms with van der Waals surface area (Å²) in [4.78, 5) is 14.6. The molecule has 0 aliphatic heterocycles. The molecule has 1 aromatic rings. The number of amides is 1. The van der Waals surface area contributed by atoms with Crippen molar-refractivity contribution < 1.29 is 4.79 Å². The Kier molecular flexibility index (Phi) is 2.98. The minimum Gasteiger partial charge on any atom is -0.291 e. The summed E-state index contributed by atoms with van der Waals surface area (Å²) in [6.07, 6.45) is 3.22. The highest BCUT2D eigenvalue weighted by Crippen LogP contribution is 2.30. The summed E-state index contributed by atoms with van der Waals surface area (Å²) < 4.78 is 4.26. The lowest BCUT2D eigenvalue weighted by molar-refractivity contribution is -0.107. The fraction of sp³-hybridized carbons (Fsp3) is 0.692. The third-order valence-corrected chi connectivity index (χ3v) is 3.32. The van der Waals surface area contributed by atoms with Crippen LogP contribution in [0.3, 0.4) is 0 Å². The smallest absolute Gasteiger partial charge is 0.234 e. The molecule has 1 aromatic heterocycles. The maximum Gasteiger partial charge on any atom is 0.234 e. The summed E-state index contributed by atoms with van der Waals surface area (Å²) in [7, 11) is 2.05. The molecule has 1 heterocycles. The van der Waals surface area contributed by atoms with E-state index in [-0.39, 0.29) is 5.41 Å². The van der Waals surface area contributed by atoms with E-state index in [0.717, 1.165) is 18.0 Å². The number of nitrogens with zero attached hydrogens (tertiary/aromatic N) is 3. The summed E-state index contributed by atoms with van der Waals surface area (Å²) in [6, 6.07) is 2.02. The molecule has 0 unspecified atom stereocenters. The first-order valence-corrected chi connectivity index (χ1v) is 6.18. The van der Waals surface area contributed by atoms with Gasteiger partial charge in [0.15, 0.2) is 5.49 Å². The van der Waals surface area contributed by atoms with E-state index in [2.05, 4.69) is 35.1 Å². The number of rotatable bonds is 3. The monoisotopic (exact) mass is 235 g/mol. The molecule has 0 atom stereocenters. The van der Waals surface area contributed by atoms with E-state index in [9.17, 15) is 4.79 Å². The van der Waals surface area contributed by atoms with Crippen molar-refractivity contribution >= 4 is 6.41 Å². The van der Waals surface area contributed by atoms with Gasteiger partial charge in [-0.05, 0) is 18.8 Å². The van der Waals surface area contributed by atoms with Gasteiger partial charge < -0.3 is 0 Å². The highest BCUT2D eigenvalue weighted by molar-refractivity contribution is 5.47. The lowest BCUT2D eigenvalue weighted by Gasteiger charge is -2.20. The van der Waals surface area contributed by atoms with Crippen LogP contribution in [0.4, 0.5) is 0 Å². The van der Waals surface area contributed by atoms with E-state index < -0.39 is 0 Å². The summed E-state index contributed by atoms with van der Waals surface area (Å²) in [5.41, 5.74) is 2.05. The molecule has 1 amide bonds. The second-order valence-electron chi connectivity index (χ2n) is 5.92. The minimum atomic E-state index is 0.0662. The largest absolute Gasteiger partial charge is 0.291 e. The highest BCUT2D eigenvalue weighted by atomic mass is 16.1.